The zero-order valence-corrected chi connectivity index (χ0v) is 13.0. The number of hydrogen-bond acceptors (Lipinski definition) is 2. The van der Waals surface area contributed by atoms with Gasteiger partial charge in [-0.15, -0.1) is 18.3 Å². The molecule has 0 aliphatic heterocycles. The summed E-state index contributed by atoms with van der Waals surface area (Å²) in [6.07, 6.45) is 2.73. The van der Waals surface area contributed by atoms with Crippen LogP contribution >= 0.6 is 11.8 Å². The van der Waals surface area contributed by atoms with E-state index < -0.39 is 0 Å². The van der Waals surface area contributed by atoms with Crippen molar-refractivity contribution in [3.05, 3.63) is 72.3 Å². The normalized spacial score (nSPS) is 10.1. The fraction of sp³-hybridized carbons (Fsp3) is 0.167. The van der Waals surface area contributed by atoms with Gasteiger partial charge < -0.3 is 5.32 Å². The molecule has 2 aromatic carbocycles. The largest absolute Gasteiger partial charge is 0.322 e. The molecule has 0 aliphatic carbocycles. The number of aryl methyl sites for hydroxylation is 1. The van der Waals surface area contributed by atoms with Crippen LogP contribution in [0.4, 0.5) is 5.69 Å². The molecule has 0 aromatic heterocycles. The predicted molar refractivity (Wildman–Crippen MR) is 91.1 cm³/mol. The maximum Gasteiger partial charge on any atom is 0.256 e. The quantitative estimate of drug-likeness (QED) is 0.614. The fourth-order valence-corrected chi connectivity index (χ4v) is 2.86. The third-order valence-corrected chi connectivity index (χ3v) is 4.20. The molecule has 0 bridgehead atoms. The maximum absolute atomic E-state index is 12.5. The van der Waals surface area contributed by atoms with Gasteiger partial charge in [-0.25, -0.2) is 0 Å². The van der Waals surface area contributed by atoms with E-state index in [1.54, 1.807) is 11.8 Å². The first-order valence-electron chi connectivity index (χ1n) is 6.98. The zero-order chi connectivity index (χ0) is 15.1. The first-order valence-corrected chi connectivity index (χ1v) is 7.96. The lowest BCUT2D eigenvalue weighted by Gasteiger charge is -2.12. The van der Waals surface area contributed by atoms with Gasteiger partial charge in [0.25, 0.3) is 5.91 Å². The Morgan fingerprint density at radius 3 is 2.67 bits per heavy atom. The number of carbonyl (C=O) groups excluding carboxylic acids is 1. The minimum Gasteiger partial charge on any atom is -0.322 e. The molecule has 0 spiro atoms. The van der Waals surface area contributed by atoms with E-state index in [0.29, 0.717) is 5.56 Å². The molecule has 21 heavy (non-hydrogen) atoms. The van der Waals surface area contributed by atoms with Gasteiger partial charge in [-0.3, -0.25) is 4.79 Å². The molecule has 3 heteroatoms. The number of carbonyl (C=O) groups is 1. The van der Waals surface area contributed by atoms with Crippen molar-refractivity contribution in [1.82, 2.24) is 0 Å². The third kappa shape index (κ3) is 3.99. The molecule has 1 N–H and O–H groups in total. The standard InChI is InChI=1S/C18H19NOS/c1-3-13-21-17-12-8-6-10-15(17)18(20)19-16-11-7-5-9-14(16)4-2/h3,5-12H,1,4,13H2,2H3,(H,19,20). The molecule has 0 heterocycles. The second-order valence-corrected chi connectivity index (χ2v) is 5.62. The average molecular weight is 297 g/mol. The zero-order valence-electron chi connectivity index (χ0n) is 12.1. The highest BCUT2D eigenvalue weighted by molar-refractivity contribution is 7.99. The van der Waals surface area contributed by atoms with E-state index in [-0.39, 0.29) is 5.91 Å². The second kappa shape index (κ2) is 7.70. The van der Waals surface area contributed by atoms with Gasteiger partial charge in [0, 0.05) is 16.3 Å². The van der Waals surface area contributed by atoms with Crippen molar-refractivity contribution in [3.63, 3.8) is 0 Å². The van der Waals surface area contributed by atoms with Crippen LogP contribution in [0.15, 0.2) is 66.1 Å². The van der Waals surface area contributed by atoms with Crippen molar-refractivity contribution in [2.24, 2.45) is 0 Å². The molecule has 2 aromatic rings. The Hall–Kier alpha value is -2.00. The highest BCUT2D eigenvalue weighted by atomic mass is 32.2. The van der Waals surface area contributed by atoms with Gasteiger partial charge in [-0.1, -0.05) is 43.3 Å². The highest BCUT2D eigenvalue weighted by Crippen LogP contribution is 2.24. The van der Waals surface area contributed by atoms with E-state index in [1.807, 2.05) is 54.6 Å². The summed E-state index contributed by atoms with van der Waals surface area (Å²) in [5.41, 5.74) is 2.73. The van der Waals surface area contributed by atoms with Crippen molar-refractivity contribution in [2.45, 2.75) is 18.2 Å². The van der Waals surface area contributed by atoms with Gasteiger partial charge in [0.05, 0.1) is 5.56 Å². The van der Waals surface area contributed by atoms with Gasteiger partial charge in [-0.2, -0.15) is 0 Å². The molecule has 1 amide bonds. The first kappa shape index (κ1) is 15.4. The second-order valence-electron chi connectivity index (χ2n) is 4.56. The van der Waals surface area contributed by atoms with Crippen LogP contribution in [0.3, 0.4) is 0 Å². The third-order valence-electron chi connectivity index (χ3n) is 3.13. The van der Waals surface area contributed by atoms with Gasteiger partial charge in [0.2, 0.25) is 0 Å². The molecule has 0 atom stereocenters. The number of rotatable bonds is 6. The van der Waals surface area contributed by atoms with E-state index >= 15 is 0 Å². The Morgan fingerprint density at radius 1 is 1.19 bits per heavy atom. The van der Waals surface area contributed by atoms with E-state index in [4.69, 9.17) is 0 Å². The highest BCUT2D eigenvalue weighted by Gasteiger charge is 2.12. The summed E-state index contributed by atoms with van der Waals surface area (Å²) in [7, 11) is 0. The summed E-state index contributed by atoms with van der Waals surface area (Å²) in [6.45, 7) is 5.80. The Kier molecular flexibility index (Phi) is 5.64. The lowest BCUT2D eigenvalue weighted by Crippen LogP contribution is -2.14. The Balaban J connectivity index is 2.22. The minimum atomic E-state index is -0.0666. The number of thioether (sulfide) groups is 1. The summed E-state index contributed by atoms with van der Waals surface area (Å²) >= 11 is 1.62. The fourth-order valence-electron chi connectivity index (χ4n) is 2.07. The molecular weight excluding hydrogens is 278 g/mol. The van der Waals surface area contributed by atoms with Gasteiger partial charge in [-0.05, 0) is 30.2 Å². The summed E-state index contributed by atoms with van der Waals surface area (Å²) in [5, 5.41) is 3.02. The van der Waals surface area contributed by atoms with Gasteiger partial charge >= 0.3 is 0 Å². The number of anilines is 1. The smallest absolute Gasteiger partial charge is 0.256 e. The van der Waals surface area contributed by atoms with E-state index in [0.717, 1.165) is 28.3 Å². The molecule has 2 rings (SSSR count). The van der Waals surface area contributed by atoms with Crippen LogP contribution in [-0.4, -0.2) is 11.7 Å². The molecule has 0 aliphatic rings. The van der Waals surface area contributed by atoms with Crippen LogP contribution in [0.1, 0.15) is 22.8 Å². The number of para-hydroxylation sites is 1. The van der Waals surface area contributed by atoms with E-state index in [1.165, 1.54) is 0 Å². The molecule has 108 valence electrons. The molecule has 0 radical (unpaired) electrons. The average Bonchev–Trinajstić information content (AvgIpc) is 2.53. The first-order chi connectivity index (χ1) is 10.3. The Labute approximate surface area is 130 Å². The molecule has 0 fully saturated rings. The molecule has 0 saturated heterocycles. The van der Waals surface area contributed by atoms with Crippen LogP contribution in [0.5, 0.6) is 0 Å². The summed E-state index contributed by atoms with van der Waals surface area (Å²) < 4.78 is 0. The number of amides is 1. The van der Waals surface area contributed by atoms with Crippen LogP contribution in [0.25, 0.3) is 0 Å². The molecule has 0 saturated carbocycles. The number of hydrogen-bond donors (Lipinski definition) is 1. The maximum atomic E-state index is 12.5. The van der Waals surface area contributed by atoms with Crippen molar-refractivity contribution < 1.29 is 4.79 Å². The lowest BCUT2D eigenvalue weighted by molar-refractivity contribution is 0.102. The van der Waals surface area contributed by atoms with Crippen LogP contribution in [0, 0.1) is 0 Å². The number of nitrogens with one attached hydrogen (secondary N) is 1. The summed E-state index contributed by atoms with van der Waals surface area (Å²) in [5.74, 6) is 0.721. The van der Waals surface area contributed by atoms with Crippen LogP contribution < -0.4 is 5.32 Å². The van der Waals surface area contributed by atoms with Crippen molar-refractivity contribution >= 4 is 23.4 Å². The van der Waals surface area contributed by atoms with Crippen molar-refractivity contribution in [1.29, 1.82) is 0 Å². The van der Waals surface area contributed by atoms with Gasteiger partial charge in [0.1, 0.15) is 0 Å². The molecular formula is C18H19NOS. The minimum absolute atomic E-state index is 0.0666. The monoisotopic (exact) mass is 297 g/mol. The Morgan fingerprint density at radius 2 is 1.90 bits per heavy atom. The van der Waals surface area contributed by atoms with Crippen molar-refractivity contribution in [3.8, 4) is 0 Å². The van der Waals surface area contributed by atoms with E-state index in [9.17, 15) is 4.79 Å². The van der Waals surface area contributed by atoms with Gasteiger partial charge in [0.15, 0.2) is 0 Å². The topological polar surface area (TPSA) is 29.1 Å². The van der Waals surface area contributed by atoms with Crippen LogP contribution in [-0.2, 0) is 6.42 Å². The summed E-state index contributed by atoms with van der Waals surface area (Å²) in [4.78, 5) is 13.5. The molecule has 0 unspecified atom stereocenters. The van der Waals surface area contributed by atoms with Crippen molar-refractivity contribution in [2.75, 3.05) is 11.1 Å². The SMILES string of the molecule is C=CCSc1ccccc1C(=O)Nc1ccccc1CC. The van der Waals surface area contributed by atoms with E-state index in [2.05, 4.69) is 18.8 Å². The number of benzene rings is 2. The Bertz CT molecular complexity index is 637. The lowest BCUT2D eigenvalue weighted by atomic mass is 10.1. The molecule has 2 nitrogen and oxygen atoms in total. The van der Waals surface area contributed by atoms with Crippen LogP contribution in [0.2, 0.25) is 0 Å². The summed E-state index contributed by atoms with van der Waals surface area (Å²) in [6, 6.07) is 15.6. The predicted octanol–water partition coefficient (Wildman–Crippen LogP) is 4.78.